The van der Waals surface area contributed by atoms with Crippen molar-refractivity contribution in [1.82, 2.24) is 9.78 Å². The lowest BCUT2D eigenvalue weighted by Crippen LogP contribution is -2.13. The lowest BCUT2D eigenvalue weighted by atomic mass is 9.95. The van der Waals surface area contributed by atoms with E-state index in [1.54, 1.807) is 25.3 Å². The molecule has 3 aromatic rings. The Kier molecular flexibility index (Phi) is 4.81. The number of halogens is 2. The number of Topliss-reactive ketones (excluding diaryl/α,β-unsaturated/α-hetero) is 1. The molecule has 5 nitrogen and oxygen atoms in total. The summed E-state index contributed by atoms with van der Waals surface area (Å²) in [7, 11) is 1.63. The Labute approximate surface area is 166 Å². The lowest BCUT2D eigenvalue weighted by molar-refractivity contribution is 0.0973. The van der Waals surface area contributed by atoms with Gasteiger partial charge in [0.2, 0.25) is 0 Å². The zero-order valence-corrected chi connectivity index (χ0v) is 16.1. The Morgan fingerprint density at radius 2 is 1.78 bits per heavy atom. The molecule has 0 aliphatic heterocycles. The second kappa shape index (κ2) is 7.25. The van der Waals surface area contributed by atoms with Gasteiger partial charge in [0.05, 0.1) is 24.1 Å². The van der Waals surface area contributed by atoms with Crippen molar-refractivity contribution in [3.05, 3.63) is 63.8 Å². The van der Waals surface area contributed by atoms with Crippen LogP contribution in [0.15, 0.2) is 42.5 Å². The molecule has 2 aromatic carbocycles. The Balaban J connectivity index is 1.79. The normalized spacial score (nSPS) is 13.4. The van der Waals surface area contributed by atoms with Crippen molar-refractivity contribution in [2.75, 3.05) is 12.4 Å². The maximum Gasteiger partial charge on any atom is 0.168 e. The van der Waals surface area contributed by atoms with Crippen LogP contribution in [-0.4, -0.2) is 22.7 Å². The standard InChI is InChI=1S/C20H17Cl2N3O2/c1-27-16-7-5-15(6-8-16)25-17-3-2-4-18(26)19(17)20(24-25)23-14-10-12(21)9-13(22)11-14/h5-11H,2-4H2,1H3,(H,23,24). The molecule has 1 aliphatic carbocycles. The molecule has 138 valence electrons. The van der Waals surface area contributed by atoms with Gasteiger partial charge in [-0.15, -0.1) is 5.10 Å². The van der Waals surface area contributed by atoms with Gasteiger partial charge in [-0.2, -0.15) is 0 Å². The number of ketones is 1. The minimum atomic E-state index is 0.0895. The predicted octanol–water partition coefficient (Wildman–Crippen LogP) is 5.45. The molecule has 0 bridgehead atoms. The summed E-state index contributed by atoms with van der Waals surface area (Å²) in [6.07, 6.45) is 2.13. The second-order valence-corrected chi connectivity index (χ2v) is 7.21. The third kappa shape index (κ3) is 3.53. The van der Waals surface area contributed by atoms with Gasteiger partial charge in [0.15, 0.2) is 11.6 Å². The average Bonchev–Trinajstić information content (AvgIpc) is 3.01. The first kappa shape index (κ1) is 17.9. The molecule has 0 saturated heterocycles. The van der Waals surface area contributed by atoms with E-state index < -0.39 is 0 Å². The molecule has 0 atom stereocenters. The van der Waals surface area contributed by atoms with Crippen LogP contribution >= 0.6 is 23.2 Å². The fourth-order valence-electron chi connectivity index (χ4n) is 3.31. The molecule has 1 aliphatic rings. The molecule has 7 heteroatoms. The van der Waals surface area contributed by atoms with Crippen molar-refractivity contribution >= 4 is 40.5 Å². The van der Waals surface area contributed by atoms with Gasteiger partial charge in [-0.25, -0.2) is 4.68 Å². The minimum Gasteiger partial charge on any atom is -0.497 e. The highest BCUT2D eigenvalue weighted by Gasteiger charge is 2.27. The number of ether oxygens (including phenoxy) is 1. The van der Waals surface area contributed by atoms with Gasteiger partial charge in [0.25, 0.3) is 0 Å². The van der Waals surface area contributed by atoms with Gasteiger partial charge in [-0.1, -0.05) is 23.2 Å². The van der Waals surface area contributed by atoms with Gasteiger partial charge in [-0.3, -0.25) is 4.79 Å². The molecule has 0 unspecified atom stereocenters. The molecule has 27 heavy (non-hydrogen) atoms. The molecule has 0 radical (unpaired) electrons. The van der Waals surface area contributed by atoms with Crippen LogP contribution < -0.4 is 10.1 Å². The number of benzene rings is 2. The van der Waals surface area contributed by atoms with E-state index in [0.717, 1.165) is 30.0 Å². The number of methoxy groups -OCH3 is 1. The quantitative estimate of drug-likeness (QED) is 0.631. The molecule has 0 spiro atoms. The number of carbonyl (C=O) groups excluding carboxylic acids is 1. The van der Waals surface area contributed by atoms with E-state index in [4.69, 9.17) is 27.9 Å². The maximum absolute atomic E-state index is 12.6. The van der Waals surface area contributed by atoms with Gasteiger partial charge >= 0.3 is 0 Å². The molecule has 1 aromatic heterocycles. The van der Waals surface area contributed by atoms with Crippen molar-refractivity contribution < 1.29 is 9.53 Å². The van der Waals surface area contributed by atoms with Crippen molar-refractivity contribution in [3.8, 4) is 11.4 Å². The summed E-state index contributed by atoms with van der Waals surface area (Å²) in [4.78, 5) is 12.6. The van der Waals surface area contributed by atoms with Crippen LogP contribution in [0.2, 0.25) is 10.0 Å². The third-order valence-electron chi connectivity index (χ3n) is 4.52. The first-order valence-corrected chi connectivity index (χ1v) is 9.33. The molecule has 0 amide bonds. The number of hydrogen-bond acceptors (Lipinski definition) is 4. The van der Waals surface area contributed by atoms with Crippen LogP contribution in [0.3, 0.4) is 0 Å². The highest BCUT2D eigenvalue weighted by molar-refractivity contribution is 6.35. The third-order valence-corrected chi connectivity index (χ3v) is 4.96. The Morgan fingerprint density at radius 3 is 2.44 bits per heavy atom. The zero-order valence-electron chi connectivity index (χ0n) is 14.6. The van der Waals surface area contributed by atoms with Crippen LogP contribution in [0.5, 0.6) is 5.75 Å². The van der Waals surface area contributed by atoms with E-state index in [-0.39, 0.29) is 5.78 Å². The zero-order chi connectivity index (χ0) is 19.0. The number of hydrogen-bond donors (Lipinski definition) is 1. The topological polar surface area (TPSA) is 56.1 Å². The van der Waals surface area contributed by atoms with Crippen LogP contribution in [0.4, 0.5) is 11.5 Å². The maximum atomic E-state index is 12.6. The number of anilines is 2. The number of nitrogens with zero attached hydrogens (tertiary/aromatic N) is 2. The molecule has 0 saturated carbocycles. The van der Waals surface area contributed by atoms with E-state index in [0.29, 0.717) is 33.5 Å². The highest BCUT2D eigenvalue weighted by atomic mass is 35.5. The van der Waals surface area contributed by atoms with E-state index in [1.807, 2.05) is 28.9 Å². The summed E-state index contributed by atoms with van der Waals surface area (Å²) in [6.45, 7) is 0. The van der Waals surface area contributed by atoms with E-state index in [1.165, 1.54) is 0 Å². The summed E-state index contributed by atoms with van der Waals surface area (Å²) >= 11 is 12.2. The largest absolute Gasteiger partial charge is 0.497 e. The first-order valence-electron chi connectivity index (χ1n) is 8.58. The first-order chi connectivity index (χ1) is 13.0. The molecular weight excluding hydrogens is 385 g/mol. The van der Waals surface area contributed by atoms with Gasteiger partial charge < -0.3 is 10.1 Å². The number of aromatic nitrogens is 2. The van der Waals surface area contributed by atoms with Crippen molar-refractivity contribution in [2.45, 2.75) is 19.3 Å². The van der Waals surface area contributed by atoms with E-state index >= 15 is 0 Å². The minimum absolute atomic E-state index is 0.0895. The average molecular weight is 402 g/mol. The summed E-state index contributed by atoms with van der Waals surface area (Å²) in [5.41, 5.74) is 3.10. The fraction of sp³-hybridized carbons (Fsp3) is 0.200. The van der Waals surface area contributed by atoms with Crippen molar-refractivity contribution in [1.29, 1.82) is 0 Å². The molecule has 1 N–H and O–H groups in total. The van der Waals surface area contributed by atoms with Gasteiger partial charge in [0.1, 0.15) is 5.75 Å². The summed E-state index contributed by atoms with van der Waals surface area (Å²) < 4.78 is 7.04. The number of nitrogens with one attached hydrogen (secondary N) is 1. The summed E-state index contributed by atoms with van der Waals surface area (Å²) in [5.74, 6) is 1.37. The Bertz CT molecular complexity index is 993. The van der Waals surface area contributed by atoms with E-state index in [9.17, 15) is 4.79 Å². The Hall–Kier alpha value is -2.50. The molecular formula is C20H17Cl2N3O2. The molecule has 4 rings (SSSR count). The number of carbonyl (C=O) groups is 1. The van der Waals surface area contributed by atoms with Crippen LogP contribution in [0.1, 0.15) is 28.9 Å². The lowest BCUT2D eigenvalue weighted by Gasteiger charge is -2.14. The molecule has 1 heterocycles. The van der Waals surface area contributed by atoms with Gasteiger partial charge in [0, 0.05) is 22.2 Å². The summed E-state index contributed by atoms with van der Waals surface area (Å²) in [5, 5.41) is 8.92. The van der Waals surface area contributed by atoms with Crippen molar-refractivity contribution in [2.24, 2.45) is 0 Å². The second-order valence-electron chi connectivity index (χ2n) is 6.34. The van der Waals surface area contributed by atoms with E-state index in [2.05, 4.69) is 10.4 Å². The smallest absolute Gasteiger partial charge is 0.168 e. The van der Waals surface area contributed by atoms with Crippen LogP contribution in [-0.2, 0) is 6.42 Å². The number of fused-ring (bicyclic) bond motifs is 1. The number of rotatable bonds is 4. The SMILES string of the molecule is COc1ccc(-n2nc(Nc3cc(Cl)cc(Cl)c3)c3c2CCCC3=O)cc1. The van der Waals surface area contributed by atoms with Crippen LogP contribution in [0, 0.1) is 0 Å². The predicted molar refractivity (Wildman–Crippen MR) is 107 cm³/mol. The van der Waals surface area contributed by atoms with Crippen molar-refractivity contribution in [3.63, 3.8) is 0 Å². The summed E-state index contributed by atoms with van der Waals surface area (Å²) in [6, 6.07) is 12.7. The molecule has 0 fully saturated rings. The Morgan fingerprint density at radius 1 is 1.07 bits per heavy atom. The fourth-order valence-corrected chi connectivity index (χ4v) is 3.83. The van der Waals surface area contributed by atoms with Gasteiger partial charge in [-0.05, 0) is 55.3 Å². The monoisotopic (exact) mass is 401 g/mol. The highest BCUT2D eigenvalue weighted by Crippen LogP contribution is 2.33. The van der Waals surface area contributed by atoms with Crippen LogP contribution in [0.25, 0.3) is 5.69 Å².